The van der Waals surface area contributed by atoms with Crippen molar-refractivity contribution in [1.82, 2.24) is 10.2 Å². The highest BCUT2D eigenvalue weighted by atomic mass is 19.1. The van der Waals surface area contributed by atoms with Gasteiger partial charge in [0.1, 0.15) is 5.82 Å². The summed E-state index contributed by atoms with van der Waals surface area (Å²) in [5.41, 5.74) is 1.22. The van der Waals surface area contributed by atoms with E-state index in [1.54, 1.807) is 12.1 Å². The zero-order chi connectivity index (χ0) is 15.2. The van der Waals surface area contributed by atoms with E-state index < -0.39 is 0 Å². The molecule has 1 aromatic rings. The van der Waals surface area contributed by atoms with E-state index in [4.69, 9.17) is 0 Å². The number of nitrogens with one attached hydrogen (secondary N) is 1. The van der Waals surface area contributed by atoms with Crippen LogP contribution in [0.1, 0.15) is 45.6 Å². The van der Waals surface area contributed by atoms with Crippen molar-refractivity contribution in [2.75, 3.05) is 13.1 Å². The van der Waals surface area contributed by atoms with Crippen LogP contribution in [0, 0.1) is 5.82 Å². The summed E-state index contributed by atoms with van der Waals surface area (Å²) in [6.45, 7) is 9.13. The maximum atomic E-state index is 13.0. The highest BCUT2D eigenvalue weighted by molar-refractivity contribution is 5.17. The number of hydrogen-bond acceptors (Lipinski definition) is 2. The van der Waals surface area contributed by atoms with Crippen molar-refractivity contribution >= 4 is 0 Å². The van der Waals surface area contributed by atoms with E-state index in [2.05, 4.69) is 31.0 Å². The van der Waals surface area contributed by atoms with E-state index in [1.165, 1.54) is 24.8 Å². The molecule has 0 spiro atoms. The Morgan fingerprint density at radius 3 is 2.67 bits per heavy atom. The molecule has 1 aromatic carbocycles. The number of hydrogen-bond donors (Lipinski definition) is 1. The number of rotatable bonds is 6. The minimum Gasteiger partial charge on any atom is -0.314 e. The van der Waals surface area contributed by atoms with Crippen LogP contribution in [0.15, 0.2) is 24.3 Å². The first-order valence-electron chi connectivity index (χ1n) is 8.33. The molecule has 3 unspecified atom stereocenters. The van der Waals surface area contributed by atoms with E-state index in [0.717, 1.165) is 19.5 Å². The number of halogens is 1. The van der Waals surface area contributed by atoms with Crippen LogP contribution < -0.4 is 5.32 Å². The van der Waals surface area contributed by atoms with E-state index in [9.17, 15) is 4.39 Å². The van der Waals surface area contributed by atoms with Crippen LogP contribution in [0.2, 0.25) is 0 Å². The van der Waals surface area contributed by atoms with Crippen LogP contribution in [-0.4, -0.2) is 36.1 Å². The number of likely N-dealkylation sites (tertiary alicyclic amines) is 1. The second-order valence-corrected chi connectivity index (χ2v) is 6.44. The summed E-state index contributed by atoms with van der Waals surface area (Å²) in [5, 5.41) is 3.65. The lowest BCUT2D eigenvalue weighted by atomic mass is 9.94. The molecule has 0 amide bonds. The molecule has 2 rings (SSSR count). The van der Waals surface area contributed by atoms with Gasteiger partial charge < -0.3 is 5.32 Å². The van der Waals surface area contributed by atoms with E-state index >= 15 is 0 Å². The molecule has 21 heavy (non-hydrogen) atoms. The van der Waals surface area contributed by atoms with Crippen LogP contribution in [0.3, 0.4) is 0 Å². The average Bonchev–Trinajstić information content (AvgIpc) is 2.47. The van der Waals surface area contributed by atoms with E-state index in [1.807, 2.05) is 12.1 Å². The molecule has 0 aromatic heterocycles. The molecule has 3 heteroatoms. The van der Waals surface area contributed by atoms with Crippen molar-refractivity contribution in [2.24, 2.45) is 0 Å². The Hall–Kier alpha value is -0.930. The third-order valence-electron chi connectivity index (χ3n) is 4.62. The molecule has 0 radical (unpaired) electrons. The van der Waals surface area contributed by atoms with Crippen molar-refractivity contribution in [1.29, 1.82) is 0 Å². The van der Waals surface area contributed by atoms with Gasteiger partial charge in [-0.1, -0.05) is 19.1 Å². The van der Waals surface area contributed by atoms with Crippen LogP contribution in [0.5, 0.6) is 0 Å². The molecular formula is C18H29FN2. The molecule has 1 N–H and O–H groups in total. The van der Waals surface area contributed by atoms with Crippen LogP contribution in [0.4, 0.5) is 4.39 Å². The molecule has 3 atom stereocenters. The van der Waals surface area contributed by atoms with Gasteiger partial charge in [-0.05, 0) is 63.8 Å². The minimum atomic E-state index is -0.150. The van der Waals surface area contributed by atoms with Gasteiger partial charge in [0.15, 0.2) is 0 Å². The smallest absolute Gasteiger partial charge is 0.123 e. The SMILES string of the molecule is CCCNC1CCN(C(C)Cc2ccc(F)cc2)C(C)C1. The molecule has 118 valence electrons. The largest absolute Gasteiger partial charge is 0.314 e. The molecule has 1 fully saturated rings. The van der Waals surface area contributed by atoms with Gasteiger partial charge in [0.25, 0.3) is 0 Å². The molecular weight excluding hydrogens is 263 g/mol. The number of benzene rings is 1. The Kier molecular flexibility index (Phi) is 6.19. The predicted molar refractivity (Wildman–Crippen MR) is 87.0 cm³/mol. The maximum absolute atomic E-state index is 13.0. The average molecular weight is 292 g/mol. The second kappa shape index (κ2) is 7.90. The zero-order valence-electron chi connectivity index (χ0n) is 13.6. The summed E-state index contributed by atoms with van der Waals surface area (Å²) in [6.07, 6.45) is 4.67. The van der Waals surface area contributed by atoms with Crippen LogP contribution in [0.25, 0.3) is 0 Å². The topological polar surface area (TPSA) is 15.3 Å². The summed E-state index contributed by atoms with van der Waals surface area (Å²) in [6, 6.07) is 8.74. The van der Waals surface area contributed by atoms with Crippen LogP contribution in [-0.2, 0) is 6.42 Å². The lowest BCUT2D eigenvalue weighted by molar-refractivity contribution is 0.0955. The molecule has 1 saturated heterocycles. The lowest BCUT2D eigenvalue weighted by Gasteiger charge is -2.41. The lowest BCUT2D eigenvalue weighted by Crippen LogP contribution is -2.51. The van der Waals surface area contributed by atoms with Crippen molar-refractivity contribution in [3.8, 4) is 0 Å². The van der Waals surface area contributed by atoms with Gasteiger partial charge >= 0.3 is 0 Å². The third-order valence-corrected chi connectivity index (χ3v) is 4.62. The Labute approximate surface area is 128 Å². The first-order valence-corrected chi connectivity index (χ1v) is 8.33. The van der Waals surface area contributed by atoms with Gasteiger partial charge in [0.2, 0.25) is 0 Å². The van der Waals surface area contributed by atoms with Crippen molar-refractivity contribution < 1.29 is 4.39 Å². The molecule has 2 nitrogen and oxygen atoms in total. The van der Waals surface area contributed by atoms with Gasteiger partial charge in [0.05, 0.1) is 0 Å². The predicted octanol–water partition coefficient (Wildman–Crippen LogP) is 3.61. The Morgan fingerprint density at radius 1 is 1.33 bits per heavy atom. The summed E-state index contributed by atoms with van der Waals surface area (Å²) in [5.74, 6) is -0.150. The normalized spacial score (nSPS) is 25.0. The monoisotopic (exact) mass is 292 g/mol. The fraction of sp³-hybridized carbons (Fsp3) is 0.667. The fourth-order valence-corrected chi connectivity index (χ4v) is 3.46. The standard InChI is InChI=1S/C18H29FN2/c1-4-10-20-18-9-11-21(15(3)13-18)14(2)12-16-5-7-17(19)8-6-16/h5-8,14-15,18,20H,4,9-13H2,1-3H3. The quantitative estimate of drug-likeness (QED) is 0.861. The Bertz CT molecular complexity index is 418. The van der Waals surface area contributed by atoms with Crippen molar-refractivity contribution in [3.05, 3.63) is 35.6 Å². The fourth-order valence-electron chi connectivity index (χ4n) is 3.46. The number of nitrogens with zero attached hydrogens (tertiary/aromatic N) is 1. The third kappa shape index (κ3) is 4.79. The summed E-state index contributed by atoms with van der Waals surface area (Å²) in [7, 11) is 0. The molecule has 0 bridgehead atoms. The highest BCUT2D eigenvalue weighted by Gasteiger charge is 2.28. The van der Waals surface area contributed by atoms with Gasteiger partial charge in [-0.15, -0.1) is 0 Å². The van der Waals surface area contributed by atoms with Crippen molar-refractivity contribution in [2.45, 2.75) is 64.6 Å². The Balaban J connectivity index is 1.85. The number of piperidine rings is 1. The first-order chi connectivity index (χ1) is 10.1. The van der Waals surface area contributed by atoms with Crippen LogP contribution >= 0.6 is 0 Å². The van der Waals surface area contributed by atoms with Gasteiger partial charge in [0, 0.05) is 24.7 Å². The molecule has 1 heterocycles. The maximum Gasteiger partial charge on any atom is 0.123 e. The van der Waals surface area contributed by atoms with E-state index in [0.29, 0.717) is 18.1 Å². The van der Waals surface area contributed by atoms with Crippen molar-refractivity contribution in [3.63, 3.8) is 0 Å². The minimum absolute atomic E-state index is 0.150. The zero-order valence-corrected chi connectivity index (χ0v) is 13.6. The second-order valence-electron chi connectivity index (χ2n) is 6.44. The molecule has 1 aliphatic rings. The summed E-state index contributed by atoms with van der Waals surface area (Å²) < 4.78 is 13.0. The van der Waals surface area contributed by atoms with Gasteiger partial charge in [-0.25, -0.2) is 4.39 Å². The summed E-state index contributed by atoms with van der Waals surface area (Å²) in [4.78, 5) is 2.60. The van der Waals surface area contributed by atoms with Gasteiger partial charge in [-0.3, -0.25) is 4.90 Å². The highest BCUT2D eigenvalue weighted by Crippen LogP contribution is 2.22. The molecule has 1 aliphatic heterocycles. The Morgan fingerprint density at radius 2 is 2.05 bits per heavy atom. The summed E-state index contributed by atoms with van der Waals surface area (Å²) >= 11 is 0. The van der Waals surface area contributed by atoms with E-state index in [-0.39, 0.29) is 5.82 Å². The molecule has 0 saturated carbocycles. The first kappa shape index (κ1) is 16.4. The molecule has 0 aliphatic carbocycles. The van der Waals surface area contributed by atoms with Gasteiger partial charge in [-0.2, -0.15) is 0 Å².